The lowest BCUT2D eigenvalue weighted by Crippen LogP contribution is -2.00. The molecule has 0 unspecified atom stereocenters. The first-order chi connectivity index (χ1) is 29.2. The van der Waals surface area contributed by atoms with Gasteiger partial charge in [-0.1, -0.05) is 133 Å². The fourth-order valence-electron chi connectivity index (χ4n) is 6.43. The minimum Gasteiger partial charge on any atom is -0.456 e. The SMILES string of the molecule is [2H]c1cc2c(cc1[2H])c1c([2H])c([2H])cc([2H])c1c1c([2H])c(-c3cccc4oc5ccc(-c6nc(-c7ccccc7)nc(-c7c([2H])c([2H])c([2H])c([2H])c7[2H])n6)cc5c34)c([2H])cc21. The van der Waals surface area contributed by atoms with Crippen LogP contribution in [0.4, 0.5) is 0 Å². The molecule has 0 saturated carbocycles. The summed E-state index contributed by atoms with van der Waals surface area (Å²) >= 11 is 0. The zero-order valence-electron chi connectivity index (χ0n) is 37.4. The Hall–Kier alpha value is -6.65. The second kappa shape index (κ2) is 11.0. The Morgan fingerprint density at radius 1 is 0.408 bits per heavy atom. The highest BCUT2D eigenvalue weighted by atomic mass is 16.3. The molecule has 0 bridgehead atoms. The van der Waals surface area contributed by atoms with Crippen molar-refractivity contribution in [2.45, 2.75) is 0 Å². The molecule has 0 spiro atoms. The van der Waals surface area contributed by atoms with Crippen LogP contribution in [0.3, 0.4) is 0 Å². The number of nitrogens with zero attached hydrogens (tertiary/aromatic N) is 3. The van der Waals surface area contributed by atoms with E-state index in [4.69, 9.17) is 23.1 Å². The number of rotatable bonds is 4. The van der Waals surface area contributed by atoms with Gasteiger partial charge in [0.25, 0.3) is 0 Å². The van der Waals surface area contributed by atoms with Gasteiger partial charge < -0.3 is 4.42 Å². The Morgan fingerprint density at radius 3 is 1.98 bits per heavy atom. The first-order valence-electron chi connectivity index (χ1n) is 21.5. The van der Waals surface area contributed by atoms with Gasteiger partial charge in [0.15, 0.2) is 17.5 Å². The van der Waals surface area contributed by atoms with Gasteiger partial charge in [0.1, 0.15) is 11.2 Å². The van der Waals surface area contributed by atoms with Gasteiger partial charge in [-0.3, -0.25) is 0 Å². The van der Waals surface area contributed by atoms with Gasteiger partial charge in [-0.2, -0.15) is 0 Å². The minimum atomic E-state index is -0.544. The molecule has 0 N–H and O–H groups in total. The number of aromatic nitrogens is 3. The molecule has 0 saturated heterocycles. The Labute approximate surface area is 298 Å². The quantitative estimate of drug-likeness (QED) is 0.180. The maximum Gasteiger partial charge on any atom is 0.164 e. The standard InChI is InChI=1S/C45H27N3O/c1-3-12-28(13-4-1)43-46-44(29-14-5-2-6-15-29)48-45(47-43)31-23-25-40-39(27-31)42-32(20-11-21-41(42)49-40)30-22-24-37-35-18-8-7-16-33(35)34-17-9-10-19-36(34)38(37)26-30/h1-27H/i1D,3D,4D,7D,8D,9D,12D,13D,17D,19D,22D,26D. The summed E-state index contributed by atoms with van der Waals surface area (Å²) in [5.74, 6) is 0.228. The Kier molecular flexibility index (Phi) is 4.04. The van der Waals surface area contributed by atoms with E-state index in [1.165, 1.54) is 18.2 Å². The zero-order chi connectivity index (χ0) is 42.8. The molecular formula is C45H27N3O. The molecule has 2 heterocycles. The Morgan fingerprint density at radius 2 is 1.14 bits per heavy atom. The summed E-state index contributed by atoms with van der Waals surface area (Å²) in [6.07, 6.45) is 0. The molecule has 0 radical (unpaired) electrons. The molecule has 2 aromatic heterocycles. The Bertz CT molecular complexity index is 3550. The van der Waals surface area contributed by atoms with Crippen LogP contribution in [0, 0.1) is 0 Å². The van der Waals surface area contributed by atoms with Crippen molar-refractivity contribution in [1.29, 1.82) is 0 Å². The van der Waals surface area contributed by atoms with Gasteiger partial charge in [0.2, 0.25) is 0 Å². The molecule has 4 heteroatoms. The van der Waals surface area contributed by atoms with Crippen molar-refractivity contribution in [2.75, 3.05) is 0 Å². The van der Waals surface area contributed by atoms with Crippen LogP contribution in [0.5, 0.6) is 0 Å². The van der Waals surface area contributed by atoms with E-state index in [-0.39, 0.29) is 87.1 Å². The molecule has 0 aliphatic carbocycles. The van der Waals surface area contributed by atoms with E-state index in [0.29, 0.717) is 54.8 Å². The van der Waals surface area contributed by atoms with Crippen molar-refractivity contribution in [3.05, 3.63) is 164 Å². The van der Waals surface area contributed by atoms with Crippen LogP contribution in [-0.2, 0) is 0 Å². The lowest BCUT2D eigenvalue weighted by molar-refractivity contribution is 0.669. The van der Waals surface area contributed by atoms with Crippen molar-refractivity contribution in [3.63, 3.8) is 0 Å². The highest BCUT2D eigenvalue weighted by Crippen LogP contribution is 2.41. The van der Waals surface area contributed by atoms with Crippen LogP contribution in [0.25, 0.3) is 99.5 Å². The fourth-order valence-corrected chi connectivity index (χ4v) is 6.43. The van der Waals surface area contributed by atoms with E-state index in [0.717, 1.165) is 0 Å². The minimum absolute atomic E-state index is 0.0272. The lowest BCUT2D eigenvalue weighted by atomic mass is 9.91. The normalized spacial score (nSPS) is 15.1. The number of hydrogen-bond acceptors (Lipinski definition) is 4. The van der Waals surface area contributed by atoms with Gasteiger partial charge in [0, 0.05) is 27.5 Å². The third kappa shape index (κ3) is 4.49. The third-order valence-corrected chi connectivity index (χ3v) is 8.65. The topological polar surface area (TPSA) is 51.8 Å². The summed E-state index contributed by atoms with van der Waals surface area (Å²) in [6, 6.07) is 22.0. The zero-order valence-corrected chi connectivity index (χ0v) is 25.4. The van der Waals surface area contributed by atoms with Gasteiger partial charge in [-0.05, 0) is 73.8 Å². The van der Waals surface area contributed by atoms with E-state index < -0.39 is 30.2 Å². The molecule has 228 valence electrons. The summed E-state index contributed by atoms with van der Waals surface area (Å²) in [5, 5.41) is 3.09. The Balaban J connectivity index is 1.25. The van der Waals surface area contributed by atoms with Gasteiger partial charge in [-0.15, -0.1) is 0 Å². The van der Waals surface area contributed by atoms with Crippen LogP contribution < -0.4 is 0 Å². The first-order valence-corrected chi connectivity index (χ1v) is 15.5. The van der Waals surface area contributed by atoms with E-state index in [1.54, 1.807) is 66.7 Å². The monoisotopic (exact) mass is 637 g/mol. The fraction of sp³-hybridized carbons (Fsp3) is 0. The maximum absolute atomic E-state index is 9.77. The molecule has 10 rings (SSSR count). The van der Waals surface area contributed by atoms with Gasteiger partial charge in [0.05, 0.1) is 16.4 Å². The molecular weight excluding hydrogens is 599 g/mol. The van der Waals surface area contributed by atoms with Crippen molar-refractivity contribution in [1.82, 2.24) is 15.0 Å². The van der Waals surface area contributed by atoms with Gasteiger partial charge >= 0.3 is 0 Å². The van der Waals surface area contributed by atoms with Crippen molar-refractivity contribution in [3.8, 4) is 45.3 Å². The maximum atomic E-state index is 9.77. The van der Waals surface area contributed by atoms with Crippen molar-refractivity contribution in [2.24, 2.45) is 0 Å². The van der Waals surface area contributed by atoms with Crippen LogP contribution in [-0.4, -0.2) is 15.0 Å². The molecule has 8 aromatic carbocycles. The molecule has 10 aromatic rings. The summed E-state index contributed by atoms with van der Waals surface area (Å²) in [6.45, 7) is 0. The summed E-state index contributed by atoms with van der Waals surface area (Å²) in [7, 11) is 0. The predicted molar refractivity (Wildman–Crippen MR) is 201 cm³/mol. The van der Waals surface area contributed by atoms with E-state index in [1.807, 2.05) is 6.07 Å². The smallest absolute Gasteiger partial charge is 0.164 e. The van der Waals surface area contributed by atoms with Crippen LogP contribution in [0.2, 0.25) is 0 Å². The molecule has 0 atom stereocenters. The number of fused-ring (bicyclic) bond motifs is 9. The van der Waals surface area contributed by atoms with Crippen LogP contribution >= 0.6 is 0 Å². The number of furan rings is 1. The number of benzene rings is 8. The number of hydrogen-bond donors (Lipinski definition) is 0. The molecule has 0 aliphatic heterocycles. The molecule has 0 amide bonds. The van der Waals surface area contributed by atoms with E-state index in [9.17, 15) is 2.74 Å². The summed E-state index contributed by atoms with van der Waals surface area (Å²) < 4.78 is 111. The second-order valence-electron chi connectivity index (χ2n) is 11.5. The first kappa shape index (κ1) is 18.0. The average molecular weight is 638 g/mol. The summed E-state index contributed by atoms with van der Waals surface area (Å²) in [5.41, 5.74) is 2.49. The molecule has 0 aliphatic rings. The van der Waals surface area contributed by atoms with Crippen molar-refractivity contribution >= 4 is 54.3 Å². The third-order valence-electron chi connectivity index (χ3n) is 8.65. The molecule has 4 nitrogen and oxygen atoms in total. The molecule has 0 fully saturated rings. The molecule has 49 heavy (non-hydrogen) atoms. The highest BCUT2D eigenvalue weighted by molar-refractivity contribution is 6.26. The lowest BCUT2D eigenvalue weighted by Gasteiger charge is -2.12. The summed E-state index contributed by atoms with van der Waals surface area (Å²) in [4.78, 5) is 14.1. The largest absolute Gasteiger partial charge is 0.456 e. The van der Waals surface area contributed by atoms with Crippen LogP contribution in [0.15, 0.2) is 168 Å². The highest BCUT2D eigenvalue weighted by Gasteiger charge is 2.17. The second-order valence-corrected chi connectivity index (χ2v) is 11.5. The van der Waals surface area contributed by atoms with Gasteiger partial charge in [-0.25, -0.2) is 15.0 Å². The van der Waals surface area contributed by atoms with Crippen molar-refractivity contribution < 1.29 is 20.9 Å². The van der Waals surface area contributed by atoms with Crippen LogP contribution in [0.1, 0.15) is 16.4 Å². The van der Waals surface area contributed by atoms with E-state index in [2.05, 4.69) is 9.97 Å². The predicted octanol–water partition coefficient (Wildman–Crippen LogP) is 11.9. The average Bonchev–Trinajstić information content (AvgIpc) is 3.63. The van der Waals surface area contributed by atoms with E-state index >= 15 is 0 Å².